The number of sulfone groups is 1. The number of anilines is 1. The van der Waals surface area contributed by atoms with Crippen molar-refractivity contribution in [3.05, 3.63) is 28.8 Å². The minimum Gasteiger partial charge on any atom is -0.316 e. The highest BCUT2D eigenvalue weighted by atomic mass is 35.5. The highest BCUT2D eigenvalue weighted by Gasteiger charge is 2.49. The molecule has 5 nitrogen and oxygen atoms in total. The molecule has 0 aromatic heterocycles. The average molecular weight is 401 g/mol. The molecule has 0 radical (unpaired) electrons. The minimum absolute atomic E-state index is 0.0769. The summed E-state index contributed by atoms with van der Waals surface area (Å²) in [5, 5.41) is 1.09. The first kappa shape index (κ1) is 18.7. The molecule has 8 heteroatoms. The number of nitrogens with zero attached hydrogens (tertiary/aromatic N) is 2. The van der Waals surface area contributed by atoms with Crippen LogP contribution in [0.3, 0.4) is 0 Å². The van der Waals surface area contributed by atoms with E-state index in [1.54, 1.807) is 0 Å². The molecule has 0 unspecified atom stereocenters. The molecular weight excluding hydrogens is 380 g/mol. The average Bonchev–Trinajstić information content (AvgIpc) is 2.92. The van der Waals surface area contributed by atoms with Crippen molar-refractivity contribution in [1.29, 1.82) is 0 Å². The van der Waals surface area contributed by atoms with E-state index in [9.17, 15) is 13.2 Å². The predicted molar refractivity (Wildman–Crippen MR) is 104 cm³/mol. The van der Waals surface area contributed by atoms with E-state index in [1.165, 1.54) is 11.8 Å². The Labute approximate surface area is 157 Å². The summed E-state index contributed by atoms with van der Waals surface area (Å²) in [6, 6.07) is 5.40. The summed E-state index contributed by atoms with van der Waals surface area (Å²) >= 11 is 7.64. The van der Waals surface area contributed by atoms with E-state index in [1.807, 2.05) is 43.9 Å². The smallest absolute Gasteiger partial charge is 0.248 e. The van der Waals surface area contributed by atoms with Crippen molar-refractivity contribution in [1.82, 2.24) is 0 Å². The van der Waals surface area contributed by atoms with Crippen molar-refractivity contribution >= 4 is 50.0 Å². The Morgan fingerprint density at radius 1 is 1.40 bits per heavy atom. The zero-order valence-corrected chi connectivity index (χ0v) is 16.8. The van der Waals surface area contributed by atoms with Crippen LogP contribution in [0.2, 0.25) is 5.02 Å². The van der Waals surface area contributed by atoms with Gasteiger partial charge < -0.3 is 4.90 Å². The molecule has 2 atom stereocenters. The maximum absolute atomic E-state index is 12.2. The van der Waals surface area contributed by atoms with Crippen LogP contribution < -0.4 is 4.90 Å². The lowest BCUT2D eigenvalue weighted by molar-refractivity contribution is -0.118. The van der Waals surface area contributed by atoms with Crippen molar-refractivity contribution < 1.29 is 13.2 Å². The van der Waals surface area contributed by atoms with Gasteiger partial charge in [-0.2, -0.15) is 4.99 Å². The Kier molecular flexibility index (Phi) is 5.19. The molecule has 1 amide bonds. The van der Waals surface area contributed by atoms with Crippen LogP contribution in [0.25, 0.3) is 0 Å². The van der Waals surface area contributed by atoms with Gasteiger partial charge in [0.15, 0.2) is 15.0 Å². The number of hydrogen-bond acceptors (Lipinski definition) is 4. The van der Waals surface area contributed by atoms with Gasteiger partial charge in [-0.15, -0.1) is 0 Å². The number of aryl methyl sites for hydroxylation is 1. The molecule has 0 saturated carbocycles. The van der Waals surface area contributed by atoms with E-state index in [-0.39, 0.29) is 34.6 Å². The first-order valence-electron chi connectivity index (χ1n) is 8.20. The molecule has 2 aliphatic heterocycles. The third-order valence-electron chi connectivity index (χ3n) is 4.30. The number of carbonyl (C=O) groups is 1. The highest BCUT2D eigenvalue weighted by Crippen LogP contribution is 2.41. The van der Waals surface area contributed by atoms with E-state index in [0.717, 1.165) is 11.3 Å². The van der Waals surface area contributed by atoms with Crippen molar-refractivity contribution in [2.24, 2.45) is 10.9 Å². The zero-order valence-electron chi connectivity index (χ0n) is 14.4. The Hall–Kier alpha value is -1.05. The van der Waals surface area contributed by atoms with Gasteiger partial charge in [0, 0.05) is 22.4 Å². The van der Waals surface area contributed by atoms with Crippen molar-refractivity contribution in [2.45, 2.75) is 38.5 Å². The third kappa shape index (κ3) is 4.04. The summed E-state index contributed by atoms with van der Waals surface area (Å²) in [4.78, 5) is 18.3. The van der Waals surface area contributed by atoms with Crippen LogP contribution in [0.15, 0.2) is 23.2 Å². The Morgan fingerprint density at radius 3 is 2.76 bits per heavy atom. The maximum Gasteiger partial charge on any atom is 0.248 e. The summed E-state index contributed by atoms with van der Waals surface area (Å²) in [7, 11) is -3.07. The lowest BCUT2D eigenvalue weighted by Crippen LogP contribution is -2.37. The summed E-state index contributed by atoms with van der Waals surface area (Å²) in [5.41, 5.74) is 1.73. The number of benzene rings is 1. The van der Waals surface area contributed by atoms with Gasteiger partial charge in [-0.25, -0.2) is 8.42 Å². The van der Waals surface area contributed by atoms with Gasteiger partial charge in [0.1, 0.15) is 0 Å². The van der Waals surface area contributed by atoms with Crippen LogP contribution in [-0.4, -0.2) is 42.3 Å². The molecule has 1 aromatic carbocycles. The molecule has 0 aliphatic carbocycles. The molecule has 0 spiro atoms. The molecule has 25 heavy (non-hydrogen) atoms. The molecule has 1 aromatic rings. The highest BCUT2D eigenvalue weighted by molar-refractivity contribution is 8.16. The molecular formula is C17H21ClN2O3S2. The van der Waals surface area contributed by atoms with E-state index in [4.69, 9.17) is 11.6 Å². The van der Waals surface area contributed by atoms with Crippen LogP contribution in [-0.2, 0) is 14.6 Å². The van der Waals surface area contributed by atoms with Crippen LogP contribution in [0, 0.1) is 12.8 Å². The number of hydrogen-bond donors (Lipinski definition) is 0. The Bertz CT molecular complexity index is 836. The van der Waals surface area contributed by atoms with Gasteiger partial charge >= 0.3 is 0 Å². The van der Waals surface area contributed by atoms with E-state index < -0.39 is 9.84 Å². The lowest BCUT2D eigenvalue weighted by atomic mass is 10.1. The molecule has 0 bridgehead atoms. The number of thioether (sulfide) groups is 1. The SMILES string of the molecule is Cc1ccc(N2C(=NC(=O)CC(C)C)S[C@H]3CS(=O)(=O)C[C@@H]32)cc1Cl. The molecule has 0 N–H and O–H groups in total. The van der Waals surface area contributed by atoms with Crippen molar-refractivity contribution in [3.8, 4) is 0 Å². The minimum atomic E-state index is -3.07. The fourth-order valence-corrected chi connectivity index (χ4v) is 7.21. The fourth-order valence-electron chi connectivity index (χ4n) is 3.10. The largest absolute Gasteiger partial charge is 0.316 e. The number of rotatable bonds is 3. The predicted octanol–water partition coefficient (Wildman–Crippen LogP) is 3.30. The van der Waals surface area contributed by atoms with Gasteiger partial charge in [-0.3, -0.25) is 4.79 Å². The zero-order chi connectivity index (χ0) is 18.4. The second-order valence-corrected chi connectivity index (χ2v) is 10.8. The van der Waals surface area contributed by atoms with E-state index in [0.29, 0.717) is 16.6 Å². The van der Waals surface area contributed by atoms with Crippen LogP contribution in [0.1, 0.15) is 25.8 Å². The van der Waals surface area contributed by atoms with Gasteiger partial charge in [0.2, 0.25) is 5.91 Å². The van der Waals surface area contributed by atoms with Crippen molar-refractivity contribution in [2.75, 3.05) is 16.4 Å². The van der Waals surface area contributed by atoms with Gasteiger partial charge in [-0.05, 0) is 30.5 Å². The second kappa shape index (κ2) is 6.93. The normalized spacial score (nSPS) is 26.4. The first-order valence-corrected chi connectivity index (χ1v) is 11.3. The standard InChI is InChI=1S/C17H21ClN2O3S2/c1-10(2)6-16(21)19-17-20(12-5-4-11(3)13(18)7-12)14-8-25(22,23)9-15(14)24-17/h4-5,7,10,14-15H,6,8-9H2,1-3H3/t14-,15-/m0/s1. The number of carbonyl (C=O) groups excluding carboxylic acids is 1. The summed E-state index contributed by atoms with van der Waals surface area (Å²) in [5.74, 6) is 0.248. The monoisotopic (exact) mass is 400 g/mol. The molecule has 3 rings (SSSR count). The van der Waals surface area contributed by atoms with Gasteiger partial charge in [0.05, 0.1) is 17.5 Å². The number of amidine groups is 1. The van der Waals surface area contributed by atoms with Gasteiger partial charge in [-0.1, -0.05) is 43.3 Å². The summed E-state index contributed by atoms with van der Waals surface area (Å²) in [6.45, 7) is 5.85. The number of amides is 1. The van der Waals surface area contributed by atoms with E-state index >= 15 is 0 Å². The quantitative estimate of drug-likeness (QED) is 0.778. The topological polar surface area (TPSA) is 66.8 Å². The van der Waals surface area contributed by atoms with Gasteiger partial charge in [0.25, 0.3) is 0 Å². The van der Waals surface area contributed by atoms with Crippen LogP contribution >= 0.6 is 23.4 Å². The number of fused-ring (bicyclic) bond motifs is 1. The van der Waals surface area contributed by atoms with Crippen molar-refractivity contribution in [3.63, 3.8) is 0 Å². The summed E-state index contributed by atoms with van der Waals surface area (Å²) in [6.07, 6.45) is 0.375. The lowest BCUT2D eigenvalue weighted by Gasteiger charge is -2.25. The number of aliphatic imine (C=N–C) groups is 1. The summed E-state index contributed by atoms with van der Waals surface area (Å²) < 4.78 is 24.1. The molecule has 136 valence electrons. The van der Waals surface area contributed by atoms with Crippen LogP contribution in [0.5, 0.6) is 0 Å². The fraction of sp³-hybridized carbons (Fsp3) is 0.529. The molecule has 2 fully saturated rings. The molecule has 2 aliphatic rings. The van der Waals surface area contributed by atoms with E-state index in [2.05, 4.69) is 4.99 Å². The first-order chi connectivity index (χ1) is 11.7. The molecule has 2 saturated heterocycles. The maximum atomic E-state index is 12.2. The van der Waals surface area contributed by atoms with Crippen LogP contribution in [0.4, 0.5) is 5.69 Å². The Morgan fingerprint density at radius 2 is 2.12 bits per heavy atom. The third-order valence-corrected chi connectivity index (χ3v) is 7.92. The number of halogens is 1. The second-order valence-electron chi connectivity index (χ2n) is 6.99. The Balaban J connectivity index is 1.99. The molecule has 2 heterocycles.